The van der Waals surface area contributed by atoms with Crippen LogP contribution in [0.4, 0.5) is 15.8 Å². The van der Waals surface area contributed by atoms with Gasteiger partial charge in [0.2, 0.25) is 0 Å². The molecule has 0 atom stereocenters. The first-order chi connectivity index (χ1) is 10.1. The number of hydrogen-bond donors (Lipinski definition) is 1. The number of nitrogen functional groups attached to an aromatic ring is 1. The van der Waals surface area contributed by atoms with Crippen LogP contribution in [0.3, 0.4) is 0 Å². The van der Waals surface area contributed by atoms with Gasteiger partial charge in [-0.2, -0.15) is 0 Å². The minimum absolute atomic E-state index is 0.0665. The number of halogens is 2. The summed E-state index contributed by atoms with van der Waals surface area (Å²) in [5.41, 5.74) is 7.04. The van der Waals surface area contributed by atoms with Crippen LogP contribution < -0.4 is 15.4 Å². The molecule has 3 rings (SSSR count). The average Bonchev–Trinajstić information content (AvgIpc) is 2.45. The summed E-state index contributed by atoms with van der Waals surface area (Å²) in [5, 5.41) is 0. The van der Waals surface area contributed by atoms with Crippen LogP contribution in [0.1, 0.15) is 5.56 Å². The van der Waals surface area contributed by atoms with Gasteiger partial charge >= 0.3 is 0 Å². The highest BCUT2D eigenvalue weighted by Gasteiger charge is 2.27. The van der Waals surface area contributed by atoms with Crippen LogP contribution in [0.15, 0.2) is 40.9 Å². The number of carbonyl (C=O) groups excluding carboxylic acids is 1. The summed E-state index contributed by atoms with van der Waals surface area (Å²) >= 11 is 3.36. The molecular weight excluding hydrogens is 339 g/mol. The van der Waals surface area contributed by atoms with Gasteiger partial charge in [0.05, 0.1) is 12.2 Å². The molecule has 1 aliphatic heterocycles. The normalized spacial score (nSPS) is 13.8. The summed E-state index contributed by atoms with van der Waals surface area (Å²) in [6, 6.07) is 9.85. The van der Waals surface area contributed by atoms with Gasteiger partial charge in [0.15, 0.2) is 6.61 Å². The van der Waals surface area contributed by atoms with E-state index in [2.05, 4.69) is 15.9 Å². The third-order valence-corrected chi connectivity index (χ3v) is 3.83. The number of benzene rings is 2. The molecule has 0 saturated heterocycles. The van der Waals surface area contributed by atoms with E-state index in [0.717, 1.165) is 4.47 Å². The van der Waals surface area contributed by atoms with Crippen molar-refractivity contribution in [3.63, 3.8) is 0 Å². The Kier molecular flexibility index (Phi) is 3.55. The Bertz CT molecular complexity index is 701. The fourth-order valence-corrected chi connectivity index (χ4v) is 2.60. The lowest BCUT2D eigenvalue weighted by molar-refractivity contribution is -0.121. The largest absolute Gasteiger partial charge is 0.482 e. The zero-order valence-electron chi connectivity index (χ0n) is 11.0. The molecule has 1 amide bonds. The SMILES string of the molecule is Nc1cccc(F)c1CN1C(=O)COc2ccc(Br)cc21. The topological polar surface area (TPSA) is 55.6 Å². The van der Waals surface area contributed by atoms with Crippen LogP contribution in [0.2, 0.25) is 0 Å². The number of rotatable bonds is 2. The lowest BCUT2D eigenvalue weighted by Gasteiger charge is -2.30. The zero-order valence-corrected chi connectivity index (χ0v) is 12.6. The number of nitrogens with zero attached hydrogens (tertiary/aromatic N) is 1. The van der Waals surface area contributed by atoms with E-state index < -0.39 is 5.82 Å². The van der Waals surface area contributed by atoms with Crippen molar-refractivity contribution in [2.45, 2.75) is 6.54 Å². The van der Waals surface area contributed by atoms with Gasteiger partial charge in [-0.3, -0.25) is 4.79 Å². The van der Waals surface area contributed by atoms with Crippen molar-refractivity contribution in [1.82, 2.24) is 0 Å². The van der Waals surface area contributed by atoms with E-state index in [9.17, 15) is 9.18 Å². The molecule has 0 bridgehead atoms. The second-order valence-electron chi connectivity index (χ2n) is 4.69. The van der Waals surface area contributed by atoms with Crippen LogP contribution in [0.5, 0.6) is 5.75 Å². The van der Waals surface area contributed by atoms with Crippen molar-refractivity contribution >= 4 is 33.2 Å². The standard InChI is InChI=1S/C15H12BrFN2O2/c16-9-4-5-14-13(6-9)19(15(20)8-21-14)7-10-11(17)2-1-3-12(10)18/h1-6H,7-8,18H2. The number of ether oxygens (including phenoxy) is 1. The van der Waals surface area contributed by atoms with Crippen molar-refractivity contribution < 1.29 is 13.9 Å². The number of anilines is 2. The number of hydrogen-bond acceptors (Lipinski definition) is 3. The predicted octanol–water partition coefficient (Wildman–Crippen LogP) is 3.10. The maximum atomic E-state index is 13.9. The molecule has 1 heterocycles. The highest BCUT2D eigenvalue weighted by molar-refractivity contribution is 9.10. The molecule has 0 fully saturated rings. The van der Waals surface area contributed by atoms with E-state index in [1.807, 2.05) is 6.07 Å². The van der Waals surface area contributed by atoms with E-state index in [1.54, 1.807) is 24.3 Å². The predicted molar refractivity (Wildman–Crippen MR) is 81.6 cm³/mol. The minimum atomic E-state index is -0.425. The van der Waals surface area contributed by atoms with Gasteiger partial charge in [-0.15, -0.1) is 0 Å². The molecule has 2 N–H and O–H groups in total. The van der Waals surface area contributed by atoms with Crippen LogP contribution >= 0.6 is 15.9 Å². The minimum Gasteiger partial charge on any atom is -0.482 e. The van der Waals surface area contributed by atoms with Crippen molar-refractivity contribution in [2.24, 2.45) is 0 Å². The Morgan fingerprint density at radius 2 is 2.14 bits per heavy atom. The number of carbonyl (C=O) groups is 1. The Morgan fingerprint density at radius 3 is 2.90 bits per heavy atom. The number of fused-ring (bicyclic) bond motifs is 1. The molecule has 4 nitrogen and oxygen atoms in total. The maximum Gasteiger partial charge on any atom is 0.265 e. The molecule has 2 aromatic rings. The first-order valence-corrected chi connectivity index (χ1v) is 7.11. The van der Waals surface area contributed by atoms with Crippen LogP contribution in [0, 0.1) is 5.82 Å². The highest BCUT2D eigenvalue weighted by Crippen LogP contribution is 2.36. The van der Waals surface area contributed by atoms with Gasteiger partial charge in [-0.05, 0) is 30.3 Å². The average molecular weight is 351 g/mol. The van der Waals surface area contributed by atoms with Crippen molar-refractivity contribution in [3.05, 3.63) is 52.3 Å². The second kappa shape index (κ2) is 5.37. The van der Waals surface area contributed by atoms with Gasteiger partial charge in [-0.25, -0.2) is 4.39 Å². The summed E-state index contributed by atoms with van der Waals surface area (Å²) in [6.07, 6.45) is 0. The van der Waals surface area contributed by atoms with E-state index >= 15 is 0 Å². The lowest BCUT2D eigenvalue weighted by Crippen LogP contribution is -2.38. The van der Waals surface area contributed by atoms with E-state index in [0.29, 0.717) is 22.7 Å². The summed E-state index contributed by atoms with van der Waals surface area (Å²) in [4.78, 5) is 13.6. The zero-order chi connectivity index (χ0) is 15.0. The maximum absolute atomic E-state index is 13.9. The van der Waals surface area contributed by atoms with Crippen molar-refractivity contribution in [3.8, 4) is 5.75 Å². The molecule has 0 unspecified atom stereocenters. The Morgan fingerprint density at radius 1 is 1.33 bits per heavy atom. The van der Waals surface area contributed by atoms with Gasteiger partial charge in [0, 0.05) is 15.7 Å². The third kappa shape index (κ3) is 2.58. The highest BCUT2D eigenvalue weighted by atomic mass is 79.9. The van der Waals surface area contributed by atoms with Crippen molar-refractivity contribution in [1.29, 1.82) is 0 Å². The molecular formula is C15H12BrFN2O2. The van der Waals surface area contributed by atoms with E-state index in [4.69, 9.17) is 10.5 Å². The summed E-state index contributed by atoms with van der Waals surface area (Å²) in [7, 11) is 0. The second-order valence-corrected chi connectivity index (χ2v) is 5.60. The third-order valence-electron chi connectivity index (χ3n) is 3.34. The van der Waals surface area contributed by atoms with E-state index in [1.165, 1.54) is 11.0 Å². The fraction of sp³-hybridized carbons (Fsp3) is 0.133. The first-order valence-electron chi connectivity index (χ1n) is 6.32. The van der Waals surface area contributed by atoms with Crippen molar-refractivity contribution in [2.75, 3.05) is 17.2 Å². The Balaban J connectivity index is 2.03. The molecule has 0 spiro atoms. The van der Waals surface area contributed by atoms with Gasteiger partial charge in [0.1, 0.15) is 11.6 Å². The molecule has 0 aromatic heterocycles. The molecule has 2 aromatic carbocycles. The Hall–Kier alpha value is -2.08. The van der Waals surface area contributed by atoms with Gasteiger partial charge < -0.3 is 15.4 Å². The first kappa shape index (κ1) is 13.9. The molecule has 6 heteroatoms. The Labute approximate surface area is 129 Å². The summed E-state index contributed by atoms with van der Waals surface area (Å²) in [6.45, 7) is 0.00709. The van der Waals surface area contributed by atoms with E-state index in [-0.39, 0.29) is 19.1 Å². The smallest absolute Gasteiger partial charge is 0.265 e. The molecule has 1 aliphatic rings. The van der Waals surface area contributed by atoms with Gasteiger partial charge in [-0.1, -0.05) is 22.0 Å². The van der Waals surface area contributed by atoms with Gasteiger partial charge in [0.25, 0.3) is 5.91 Å². The molecule has 0 aliphatic carbocycles. The quantitative estimate of drug-likeness (QED) is 0.846. The molecule has 0 radical (unpaired) electrons. The summed E-state index contributed by atoms with van der Waals surface area (Å²) in [5.74, 6) is -0.0678. The molecule has 108 valence electrons. The van der Waals surface area contributed by atoms with Crippen LogP contribution in [0.25, 0.3) is 0 Å². The monoisotopic (exact) mass is 350 g/mol. The van der Waals surface area contributed by atoms with Crippen LogP contribution in [-0.2, 0) is 11.3 Å². The number of nitrogens with two attached hydrogens (primary N) is 1. The molecule has 21 heavy (non-hydrogen) atoms. The van der Waals surface area contributed by atoms with Crippen LogP contribution in [-0.4, -0.2) is 12.5 Å². The molecule has 0 saturated carbocycles. The summed E-state index contributed by atoms with van der Waals surface area (Å²) < 4.78 is 20.1. The number of amides is 1. The lowest BCUT2D eigenvalue weighted by atomic mass is 10.1. The fourth-order valence-electron chi connectivity index (χ4n) is 2.25.